The molecule has 0 aromatic rings. The zero-order valence-corrected chi connectivity index (χ0v) is 8.21. The smallest absolute Gasteiger partial charge is 0.328 e. The standard InChI is InChI=1S/C8H12ClNO3/c1-13-7(11)6-4-2-3-5-10(6)8(9)12/h6H,2-5H2,1H3. The Balaban J connectivity index is 2.67. The predicted octanol–water partition coefficient (Wildman–Crippen LogP) is 1.37. The fraction of sp³-hybridized carbons (Fsp3) is 0.750. The molecule has 4 nitrogen and oxygen atoms in total. The molecule has 1 atom stereocenters. The Labute approximate surface area is 81.8 Å². The molecule has 13 heavy (non-hydrogen) atoms. The second kappa shape index (κ2) is 4.46. The maximum atomic E-state index is 11.2. The first-order valence-corrected chi connectivity index (χ1v) is 4.58. The first kappa shape index (κ1) is 10.3. The number of esters is 1. The zero-order chi connectivity index (χ0) is 9.84. The summed E-state index contributed by atoms with van der Waals surface area (Å²) in [7, 11) is 1.31. The van der Waals surface area contributed by atoms with E-state index in [1.54, 1.807) is 0 Å². The van der Waals surface area contributed by atoms with Crippen LogP contribution in [0.3, 0.4) is 0 Å². The van der Waals surface area contributed by atoms with Crippen LogP contribution in [0.15, 0.2) is 0 Å². The summed E-state index contributed by atoms with van der Waals surface area (Å²) in [4.78, 5) is 23.5. The van der Waals surface area contributed by atoms with Gasteiger partial charge in [-0.05, 0) is 30.9 Å². The van der Waals surface area contributed by atoms with Crippen molar-refractivity contribution in [3.63, 3.8) is 0 Å². The summed E-state index contributed by atoms with van der Waals surface area (Å²) in [6.07, 6.45) is 2.47. The van der Waals surface area contributed by atoms with Crippen LogP contribution < -0.4 is 0 Å². The van der Waals surface area contributed by atoms with Gasteiger partial charge in [0, 0.05) is 6.54 Å². The normalized spacial score (nSPS) is 22.6. The summed E-state index contributed by atoms with van der Waals surface area (Å²) < 4.78 is 4.58. The Hall–Kier alpha value is -0.770. The Morgan fingerprint density at radius 1 is 1.46 bits per heavy atom. The van der Waals surface area contributed by atoms with Gasteiger partial charge in [-0.1, -0.05) is 0 Å². The number of rotatable bonds is 1. The van der Waals surface area contributed by atoms with Gasteiger partial charge in [-0.3, -0.25) is 4.79 Å². The van der Waals surface area contributed by atoms with Gasteiger partial charge in [-0.25, -0.2) is 4.79 Å². The van der Waals surface area contributed by atoms with Crippen LogP contribution in [-0.4, -0.2) is 35.9 Å². The molecule has 1 heterocycles. The minimum atomic E-state index is -0.574. The molecule has 1 rings (SSSR count). The fourth-order valence-electron chi connectivity index (χ4n) is 1.52. The van der Waals surface area contributed by atoms with Gasteiger partial charge in [0.2, 0.25) is 0 Å². The lowest BCUT2D eigenvalue weighted by atomic mass is 10.0. The Kier molecular flexibility index (Phi) is 3.54. The van der Waals surface area contributed by atoms with E-state index in [0.29, 0.717) is 13.0 Å². The lowest BCUT2D eigenvalue weighted by molar-refractivity contribution is -0.146. The molecule has 1 saturated heterocycles. The Morgan fingerprint density at radius 3 is 2.69 bits per heavy atom. The van der Waals surface area contributed by atoms with E-state index in [-0.39, 0.29) is 5.97 Å². The molecule has 1 aliphatic heterocycles. The molecule has 0 radical (unpaired) electrons. The van der Waals surface area contributed by atoms with Crippen LogP contribution in [0, 0.1) is 0 Å². The number of halogens is 1. The number of hydrogen-bond donors (Lipinski definition) is 0. The number of likely N-dealkylation sites (tertiary alicyclic amines) is 1. The van der Waals surface area contributed by atoms with Gasteiger partial charge >= 0.3 is 11.3 Å². The van der Waals surface area contributed by atoms with E-state index in [0.717, 1.165) is 12.8 Å². The molecule has 0 aromatic heterocycles. The molecule has 0 bridgehead atoms. The van der Waals surface area contributed by atoms with Crippen LogP contribution in [0.4, 0.5) is 4.79 Å². The van der Waals surface area contributed by atoms with Crippen molar-refractivity contribution in [3.05, 3.63) is 0 Å². The van der Waals surface area contributed by atoms with Crippen LogP contribution in [-0.2, 0) is 9.53 Å². The molecule has 0 spiro atoms. The third-order valence-corrected chi connectivity index (χ3v) is 2.42. The Morgan fingerprint density at radius 2 is 2.15 bits per heavy atom. The molecular weight excluding hydrogens is 194 g/mol. The van der Waals surface area contributed by atoms with Crippen LogP contribution in [0.2, 0.25) is 0 Å². The second-order valence-corrected chi connectivity index (χ2v) is 3.30. The minimum Gasteiger partial charge on any atom is -0.467 e. The lowest BCUT2D eigenvalue weighted by Crippen LogP contribution is -2.46. The van der Waals surface area contributed by atoms with Crippen molar-refractivity contribution in [2.45, 2.75) is 25.3 Å². The van der Waals surface area contributed by atoms with Gasteiger partial charge in [0.05, 0.1) is 7.11 Å². The van der Waals surface area contributed by atoms with Gasteiger partial charge in [0.15, 0.2) is 0 Å². The predicted molar refractivity (Wildman–Crippen MR) is 47.6 cm³/mol. The van der Waals surface area contributed by atoms with Gasteiger partial charge < -0.3 is 9.64 Å². The summed E-state index contributed by atoms with van der Waals surface area (Å²) in [6, 6.07) is -0.483. The topological polar surface area (TPSA) is 46.6 Å². The molecule has 1 fully saturated rings. The number of methoxy groups -OCH3 is 1. The van der Waals surface area contributed by atoms with Crippen molar-refractivity contribution in [1.82, 2.24) is 4.90 Å². The number of carbonyl (C=O) groups is 2. The van der Waals surface area contributed by atoms with Crippen LogP contribution in [0.25, 0.3) is 0 Å². The molecule has 1 unspecified atom stereocenters. The van der Waals surface area contributed by atoms with Crippen LogP contribution in [0.5, 0.6) is 0 Å². The van der Waals surface area contributed by atoms with E-state index >= 15 is 0 Å². The van der Waals surface area contributed by atoms with Gasteiger partial charge in [0.1, 0.15) is 6.04 Å². The van der Waals surface area contributed by atoms with Crippen LogP contribution in [0.1, 0.15) is 19.3 Å². The van der Waals surface area contributed by atoms with Crippen molar-refractivity contribution < 1.29 is 14.3 Å². The molecule has 74 valence electrons. The lowest BCUT2D eigenvalue weighted by Gasteiger charge is -2.31. The highest BCUT2D eigenvalue weighted by Crippen LogP contribution is 2.19. The van der Waals surface area contributed by atoms with Gasteiger partial charge in [-0.2, -0.15) is 0 Å². The van der Waals surface area contributed by atoms with Crippen LogP contribution >= 0.6 is 11.6 Å². The number of ether oxygens (including phenoxy) is 1. The highest BCUT2D eigenvalue weighted by molar-refractivity contribution is 6.63. The molecule has 1 aliphatic rings. The second-order valence-electron chi connectivity index (χ2n) is 2.98. The maximum absolute atomic E-state index is 11.2. The monoisotopic (exact) mass is 205 g/mol. The number of amides is 1. The third-order valence-electron chi connectivity index (χ3n) is 2.20. The molecule has 0 aliphatic carbocycles. The van der Waals surface area contributed by atoms with E-state index in [9.17, 15) is 9.59 Å². The van der Waals surface area contributed by atoms with Gasteiger partial charge in [-0.15, -0.1) is 0 Å². The summed E-state index contributed by atoms with van der Waals surface area (Å²) >= 11 is 5.33. The SMILES string of the molecule is COC(=O)C1CCCCN1C(=O)Cl. The highest BCUT2D eigenvalue weighted by atomic mass is 35.5. The summed E-state index contributed by atoms with van der Waals surface area (Å²) in [5.74, 6) is -0.381. The zero-order valence-electron chi connectivity index (χ0n) is 7.46. The minimum absolute atomic E-state index is 0.381. The number of carbonyl (C=O) groups excluding carboxylic acids is 2. The van der Waals surface area contributed by atoms with E-state index in [2.05, 4.69) is 4.74 Å². The van der Waals surface area contributed by atoms with E-state index < -0.39 is 11.4 Å². The molecule has 0 aromatic carbocycles. The first-order valence-electron chi connectivity index (χ1n) is 4.20. The van der Waals surface area contributed by atoms with E-state index in [1.165, 1.54) is 12.0 Å². The maximum Gasteiger partial charge on any atom is 0.328 e. The number of hydrogen-bond acceptors (Lipinski definition) is 3. The molecule has 0 N–H and O–H groups in total. The van der Waals surface area contributed by atoms with Crippen molar-refractivity contribution in [1.29, 1.82) is 0 Å². The largest absolute Gasteiger partial charge is 0.467 e. The van der Waals surface area contributed by atoms with Crippen molar-refractivity contribution in [3.8, 4) is 0 Å². The molecule has 0 saturated carbocycles. The third kappa shape index (κ3) is 2.34. The Bertz CT molecular complexity index is 219. The van der Waals surface area contributed by atoms with Crippen molar-refractivity contribution in [2.75, 3.05) is 13.7 Å². The van der Waals surface area contributed by atoms with Crippen molar-refractivity contribution in [2.24, 2.45) is 0 Å². The van der Waals surface area contributed by atoms with Gasteiger partial charge in [0.25, 0.3) is 0 Å². The summed E-state index contributed by atoms with van der Waals surface area (Å²) in [6.45, 7) is 0.544. The van der Waals surface area contributed by atoms with E-state index in [4.69, 9.17) is 11.6 Å². The van der Waals surface area contributed by atoms with E-state index in [1.807, 2.05) is 0 Å². The average molecular weight is 206 g/mol. The molecule has 5 heteroatoms. The highest BCUT2D eigenvalue weighted by Gasteiger charge is 2.31. The number of piperidine rings is 1. The molecule has 1 amide bonds. The molecular formula is C8H12ClNO3. The summed E-state index contributed by atoms with van der Waals surface area (Å²) in [5.41, 5.74) is 0. The average Bonchev–Trinajstić information content (AvgIpc) is 2.16. The van der Waals surface area contributed by atoms with Crippen molar-refractivity contribution >= 4 is 22.9 Å². The fourth-order valence-corrected chi connectivity index (χ4v) is 1.73. The summed E-state index contributed by atoms with van der Waals surface area (Å²) in [5, 5.41) is -0.574. The first-order chi connectivity index (χ1) is 6.16. The quantitative estimate of drug-likeness (QED) is 0.369. The number of nitrogens with zero attached hydrogens (tertiary/aromatic N) is 1.